The van der Waals surface area contributed by atoms with Gasteiger partial charge in [0, 0.05) is 5.54 Å². The number of phenolic OH excluding ortho intramolecular Hbond substituents is 1. The first-order valence-electron chi connectivity index (χ1n) is 3.59. The minimum Gasteiger partial charge on any atom is -0.504 e. The SMILES string of the molecule is Oc1ccccc1OCC(Cl)=CCl. The van der Waals surface area contributed by atoms with E-state index in [-0.39, 0.29) is 12.4 Å². The van der Waals surface area contributed by atoms with Gasteiger partial charge in [0.25, 0.3) is 0 Å². The molecule has 1 rings (SSSR count). The molecule has 0 unspecified atom stereocenters. The first-order valence-corrected chi connectivity index (χ1v) is 4.41. The molecule has 0 atom stereocenters. The largest absolute Gasteiger partial charge is 0.504 e. The Morgan fingerprint density at radius 1 is 1.46 bits per heavy atom. The van der Waals surface area contributed by atoms with Crippen molar-refractivity contribution in [3.8, 4) is 11.5 Å². The second-order valence-electron chi connectivity index (χ2n) is 2.31. The van der Waals surface area contributed by atoms with Gasteiger partial charge in [-0.15, -0.1) is 0 Å². The molecular weight excluding hydrogens is 211 g/mol. The maximum Gasteiger partial charge on any atom is 0.161 e. The Morgan fingerprint density at radius 2 is 2.15 bits per heavy atom. The van der Waals surface area contributed by atoms with Crippen LogP contribution in [0.4, 0.5) is 0 Å². The third-order valence-electron chi connectivity index (χ3n) is 1.35. The number of aromatic hydroxyl groups is 1. The summed E-state index contributed by atoms with van der Waals surface area (Å²) in [5.41, 5.74) is 1.22. The number of phenols is 1. The van der Waals surface area contributed by atoms with Crippen molar-refractivity contribution in [1.29, 1.82) is 0 Å². The maximum absolute atomic E-state index is 9.28. The molecule has 0 aliphatic heterocycles. The van der Waals surface area contributed by atoms with Gasteiger partial charge in [-0.05, 0) is 12.1 Å². The van der Waals surface area contributed by atoms with E-state index in [2.05, 4.69) is 0 Å². The molecule has 1 N–H and O–H groups in total. The van der Waals surface area contributed by atoms with E-state index in [1.54, 1.807) is 18.2 Å². The number of hydrogen-bond acceptors (Lipinski definition) is 2. The van der Waals surface area contributed by atoms with Crippen molar-refractivity contribution in [3.63, 3.8) is 0 Å². The van der Waals surface area contributed by atoms with Crippen LogP contribution in [0.3, 0.4) is 0 Å². The van der Waals surface area contributed by atoms with Crippen LogP contribution in [0.25, 0.3) is 0 Å². The van der Waals surface area contributed by atoms with E-state index in [0.29, 0.717) is 10.8 Å². The summed E-state index contributed by atoms with van der Waals surface area (Å²) in [5, 5.41) is 9.66. The van der Waals surface area contributed by atoms with E-state index in [1.165, 1.54) is 11.6 Å². The molecule has 0 spiro atoms. The van der Waals surface area contributed by atoms with Gasteiger partial charge in [-0.2, -0.15) is 0 Å². The molecular formula is C9H8Cl2O2. The van der Waals surface area contributed by atoms with Crippen LogP contribution >= 0.6 is 23.2 Å². The molecule has 0 aromatic heterocycles. The minimum absolute atomic E-state index is 0.0848. The number of para-hydroxylation sites is 2. The highest BCUT2D eigenvalue weighted by Gasteiger charge is 2.00. The van der Waals surface area contributed by atoms with E-state index in [0.717, 1.165) is 0 Å². The molecule has 70 valence electrons. The van der Waals surface area contributed by atoms with Crippen molar-refractivity contribution in [2.45, 2.75) is 0 Å². The van der Waals surface area contributed by atoms with Gasteiger partial charge in [0.1, 0.15) is 6.61 Å². The van der Waals surface area contributed by atoms with Gasteiger partial charge in [-0.25, -0.2) is 0 Å². The van der Waals surface area contributed by atoms with Crippen molar-refractivity contribution < 1.29 is 9.84 Å². The van der Waals surface area contributed by atoms with Crippen LogP contribution in [0.15, 0.2) is 34.8 Å². The fourth-order valence-electron chi connectivity index (χ4n) is 0.757. The summed E-state index contributed by atoms with van der Waals surface area (Å²) in [6.07, 6.45) is 0. The molecule has 1 aromatic carbocycles. The monoisotopic (exact) mass is 218 g/mol. The van der Waals surface area contributed by atoms with E-state index in [4.69, 9.17) is 27.9 Å². The zero-order valence-electron chi connectivity index (χ0n) is 6.71. The van der Waals surface area contributed by atoms with E-state index >= 15 is 0 Å². The van der Waals surface area contributed by atoms with Gasteiger partial charge in [-0.3, -0.25) is 0 Å². The van der Waals surface area contributed by atoms with Gasteiger partial charge < -0.3 is 9.84 Å². The number of ether oxygens (including phenoxy) is 1. The summed E-state index contributed by atoms with van der Waals surface area (Å²) in [6.45, 7) is 0.155. The summed E-state index contributed by atoms with van der Waals surface area (Å²) in [7, 11) is 0. The van der Waals surface area contributed by atoms with Crippen LogP contribution in [0.2, 0.25) is 0 Å². The van der Waals surface area contributed by atoms with Crippen molar-refractivity contribution in [1.82, 2.24) is 0 Å². The zero-order valence-corrected chi connectivity index (χ0v) is 8.22. The smallest absolute Gasteiger partial charge is 0.161 e. The van der Waals surface area contributed by atoms with Gasteiger partial charge in [0.2, 0.25) is 0 Å². The lowest BCUT2D eigenvalue weighted by atomic mass is 10.3. The molecule has 2 nitrogen and oxygen atoms in total. The molecule has 0 heterocycles. The zero-order chi connectivity index (χ0) is 9.68. The number of halogens is 2. The fourth-order valence-corrected chi connectivity index (χ4v) is 0.875. The molecule has 0 fully saturated rings. The Hall–Kier alpha value is -0.860. The first kappa shape index (κ1) is 10.2. The lowest BCUT2D eigenvalue weighted by molar-refractivity contribution is 0.333. The second kappa shape index (κ2) is 5.00. The average Bonchev–Trinajstić information content (AvgIpc) is 2.16. The summed E-state index contributed by atoms with van der Waals surface area (Å²) >= 11 is 10.9. The Bertz CT molecular complexity index is 310. The van der Waals surface area contributed by atoms with Crippen LogP contribution in [0, 0.1) is 0 Å². The van der Waals surface area contributed by atoms with Crippen molar-refractivity contribution in [2.24, 2.45) is 0 Å². The lowest BCUT2D eigenvalue weighted by Gasteiger charge is -2.05. The van der Waals surface area contributed by atoms with E-state index in [1.807, 2.05) is 0 Å². The summed E-state index contributed by atoms with van der Waals surface area (Å²) in [5.74, 6) is 0.473. The highest BCUT2D eigenvalue weighted by molar-refractivity contribution is 6.36. The van der Waals surface area contributed by atoms with Gasteiger partial charge in [0.05, 0.1) is 5.03 Å². The number of rotatable bonds is 3. The quantitative estimate of drug-likeness (QED) is 0.846. The summed E-state index contributed by atoms with van der Waals surface area (Å²) in [4.78, 5) is 0. The first-order chi connectivity index (χ1) is 6.24. The molecule has 0 saturated carbocycles. The molecule has 0 bridgehead atoms. The second-order valence-corrected chi connectivity index (χ2v) is 3.02. The van der Waals surface area contributed by atoms with Gasteiger partial charge in [-0.1, -0.05) is 35.3 Å². The number of hydrogen-bond donors (Lipinski definition) is 1. The van der Waals surface area contributed by atoms with Crippen molar-refractivity contribution in [2.75, 3.05) is 6.61 Å². The van der Waals surface area contributed by atoms with Crippen molar-refractivity contribution >= 4 is 23.2 Å². The molecule has 0 aliphatic rings. The van der Waals surface area contributed by atoms with Crippen molar-refractivity contribution in [3.05, 3.63) is 34.8 Å². The Morgan fingerprint density at radius 3 is 2.77 bits per heavy atom. The summed E-state index contributed by atoms with van der Waals surface area (Å²) in [6, 6.07) is 6.65. The predicted octanol–water partition coefficient (Wildman–Crippen LogP) is 3.09. The molecule has 1 aromatic rings. The molecule has 0 saturated heterocycles. The van der Waals surface area contributed by atoms with Crippen LogP contribution in [0.5, 0.6) is 11.5 Å². The third kappa shape index (κ3) is 3.17. The number of benzene rings is 1. The lowest BCUT2D eigenvalue weighted by Crippen LogP contribution is -1.96. The van der Waals surface area contributed by atoms with E-state index in [9.17, 15) is 5.11 Å². The highest BCUT2D eigenvalue weighted by atomic mass is 35.5. The van der Waals surface area contributed by atoms with Crippen LogP contribution in [0.1, 0.15) is 0 Å². The molecule has 0 amide bonds. The molecule has 4 heteroatoms. The van der Waals surface area contributed by atoms with Gasteiger partial charge in [0.15, 0.2) is 11.5 Å². The molecule has 0 radical (unpaired) electrons. The average molecular weight is 219 g/mol. The fraction of sp³-hybridized carbons (Fsp3) is 0.111. The Kier molecular flexibility index (Phi) is 3.93. The van der Waals surface area contributed by atoms with Crippen LogP contribution in [-0.2, 0) is 0 Å². The van der Waals surface area contributed by atoms with Crippen LogP contribution < -0.4 is 4.74 Å². The van der Waals surface area contributed by atoms with Crippen LogP contribution in [-0.4, -0.2) is 11.7 Å². The Balaban J connectivity index is 2.60. The Labute approximate surface area is 86.4 Å². The maximum atomic E-state index is 9.28. The summed E-state index contributed by atoms with van der Waals surface area (Å²) < 4.78 is 5.15. The topological polar surface area (TPSA) is 29.5 Å². The molecule has 0 aliphatic carbocycles. The standard InChI is InChI=1S/C9H8Cl2O2/c10-5-7(11)6-13-9-4-2-1-3-8(9)12/h1-5,12H,6H2. The minimum atomic E-state index is 0.0848. The highest BCUT2D eigenvalue weighted by Crippen LogP contribution is 2.24. The third-order valence-corrected chi connectivity index (χ3v) is 1.94. The van der Waals surface area contributed by atoms with E-state index < -0.39 is 0 Å². The molecule has 13 heavy (non-hydrogen) atoms. The normalized spacial score (nSPS) is 11.4. The predicted molar refractivity (Wildman–Crippen MR) is 53.4 cm³/mol. The van der Waals surface area contributed by atoms with Gasteiger partial charge >= 0.3 is 0 Å².